The van der Waals surface area contributed by atoms with Gasteiger partial charge in [0, 0.05) is 18.6 Å². The maximum absolute atomic E-state index is 13.2. The normalized spacial score (nSPS) is 14.2. The zero-order valence-electron chi connectivity index (χ0n) is 20.1. The van der Waals surface area contributed by atoms with E-state index in [1.54, 1.807) is 26.0 Å². The lowest BCUT2D eigenvalue weighted by molar-refractivity contribution is -0.143. The number of amides is 3. The molecule has 1 aromatic carbocycles. The van der Waals surface area contributed by atoms with Crippen LogP contribution >= 0.6 is 12.6 Å². The second-order valence-electron chi connectivity index (χ2n) is 8.74. The van der Waals surface area contributed by atoms with Crippen LogP contribution < -0.4 is 21.7 Å². The van der Waals surface area contributed by atoms with E-state index in [0.29, 0.717) is 5.56 Å². The molecule has 0 aliphatic heterocycles. The number of benzene rings is 1. The molecule has 0 bridgehead atoms. The summed E-state index contributed by atoms with van der Waals surface area (Å²) in [4.78, 5) is 60.7. The van der Waals surface area contributed by atoms with Gasteiger partial charge in [0.15, 0.2) is 0 Å². The fourth-order valence-electron chi connectivity index (χ4n) is 3.21. The van der Waals surface area contributed by atoms with Crippen LogP contribution in [-0.2, 0) is 30.4 Å². The predicted molar refractivity (Wildman–Crippen MR) is 133 cm³/mol. The van der Waals surface area contributed by atoms with Gasteiger partial charge in [0.25, 0.3) is 0 Å². The number of phenols is 1. The summed E-state index contributed by atoms with van der Waals surface area (Å²) in [5, 5.41) is 35.1. The second-order valence-corrected chi connectivity index (χ2v) is 9.11. The quantitative estimate of drug-likeness (QED) is 0.140. The van der Waals surface area contributed by atoms with Crippen LogP contribution in [0.2, 0.25) is 0 Å². The van der Waals surface area contributed by atoms with E-state index in [1.807, 2.05) is 0 Å². The molecule has 0 fully saturated rings. The van der Waals surface area contributed by atoms with Crippen LogP contribution in [0.1, 0.15) is 38.7 Å². The van der Waals surface area contributed by atoms with Crippen LogP contribution in [0, 0.1) is 5.92 Å². The molecule has 0 saturated heterocycles. The number of phenolic OH excluding ortho intramolecular Hbond substituents is 1. The smallest absolute Gasteiger partial charge is 0.326 e. The fraction of sp³-hybridized carbons (Fsp3) is 0.522. The number of nitrogens with two attached hydrogens (primary N) is 1. The van der Waals surface area contributed by atoms with Crippen molar-refractivity contribution < 1.29 is 39.3 Å². The summed E-state index contributed by atoms with van der Waals surface area (Å²) in [6.45, 7) is 3.60. The molecule has 1 rings (SSSR count). The van der Waals surface area contributed by atoms with Crippen LogP contribution in [0.5, 0.6) is 5.75 Å². The number of hydrogen-bond acceptors (Lipinski definition) is 8. The summed E-state index contributed by atoms with van der Waals surface area (Å²) in [6.07, 6.45) is -0.632. The van der Waals surface area contributed by atoms with E-state index >= 15 is 0 Å². The lowest BCUT2D eigenvalue weighted by Crippen LogP contribution is -2.58. The number of carbonyl (C=O) groups is 5. The summed E-state index contributed by atoms with van der Waals surface area (Å²) in [7, 11) is 0. The third-order valence-electron chi connectivity index (χ3n) is 5.14. The Balaban J connectivity index is 3.10. The molecule has 0 aliphatic carbocycles. The van der Waals surface area contributed by atoms with E-state index in [1.165, 1.54) is 12.1 Å². The molecule has 0 aliphatic rings. The van der Waals surface area contributed by atoms with E-state index in [9.17, 15) is 34.2 Å². The predicted octanol–water partition coefficient (Wildman–Crippen LogP) is -0.358. The van der Waals surface area contributed by atoms with Gasteiger partial charge in [0.2, 0.25) is 17.7 Å². The Kier molecular flexibility index (Phi) is 12.7. The number of carboxylic acids is 2. The van der Waals surface area contributed by atoms with Gasteiger partial charge >= 0.3 is 11.9 Å². The molecular formula is C23H34N4O8S. The summed E-state index contributed by atoms with van der Waals surface area (Å²) in [6, 6.07) is 1.24. The van der Waals surface area contributed by atoms with E-state index in [-0.39, 0.29) is 36.7 Å². The molecule has 3 amide bonds. The number of aromatic hydroxyl groups is 1. The lowest BCUT2D eigenvalue weighted by atomic mass is 10.00. The molecule has 0 spiro atoms. The van der Waals surface area contributed by atoms with E-state index in [4.69, 9.17) is 10.8 Å². The number of hydrogen-bond donors (Lipinski definition) is 8. The highest BCUT2D eigenvalue weighted by Gasteiger charge is 2.31. The van der Waals surface area contributed by atoms with Gasteiger partial charge in [-0.25, -0.2) is 4.79 Å². The first kappa shape index (κ1) is 30.7. The largest absolute Gasteiger partial charge is 0.508 e. The number of aliphatic carboxylic acids is 2. The minimum atomic E-state index is -1.46. The van der Waals surface area contributed by atoms with Gasteiger partial charge in [-0.05, 0) is 36.5 Å². The first-order valence-corrected chi connectivity index (χ1v) is 12.0. The summed E-state index contributed by atoms with van der Waals surface area (Å²) in [5.74, 6) is -4.78. The minimum Gasteiger partial charge on any atom is -0.508 e. The molecule has 13 heteroatoms. The number of thiol groups is 1. The van der Waals surface area contributed by atoms with Crippen molar-refractivity contribution in [3.05, 3.63) is 29.8 Å². The van der Waals surface area contributed by atoms with E-state index in [0.717, 1.165) is 0 Å². The fourth-order valence-corrected chi connectivity index (χ4v) is 3.38. The molecule has 0 aromatic heterocycles. The third-order valence-corrected chi connectivity index (χ3v) is 5.54. The van der Waals surface area contributed by atoms with Gasteiger partial charge in [-0.15, -0.1) is 0 Å². The van der Waals surface area contributed by atoms with Gasteiger partial charge < -0.3 is 37.0 Å². The maximum Gasteiger partial charge on any atom is 0.326 e. The highest BCUT2D eigenvalue weighted by atomic mass is 32.1. The van der Waals surface area contributed by atoms with Crippen LogP contribution in [0.25, 0.3) is 0 Å². The highest BCUT2D eigenvalue weighted by molar-refractivity contribution is 7.80. The molecule has 8 N–H and O–H groups in total. The van der Waals surface area contributed by atoms with Crippen molar-refractivity contribution in [2.45, 2.75) is 63.7 Å². The van der Waals surface area contributed by atoms with Gasteiger partial charge in [-0.2, -0.15) is 12.6 Å². The Labute approximate surface area is 214 Å². The molecule has 4 atom stereocenters. The second kappa shape index (κ2) is 14.9. The van der Waals surface area contributed by atoms with Crippen molar-refractivity contribution in [2.24, 2.45) is 11.7 Å². The molecule has 4 unspecified atom stereocenters. The number of nitrogens with one attached hydrogen (secondary N) is 3. The molecule has 0 saturated carbocycles. The first-order chi connectivity index (χ1) is 16.8. The molecule has 1 aromatic rings. The lowest BCUT2D eigenvalue weighted by Gasteiger charge is -2.26. The molecule has 200 valence electrons. The average molecular weight is 527 g/mol. The zero-order chi connectivity index (χ0) is 27.4. The third kappa shape index (κ3) is 11.0. The van der Waals surface area contributed by atoms with Gasteiger partial charge in [0.1, 0.15) is 23.9 Å². The van der Waals surface area contributed by atoms with Crippen LogP contribution in [-0.4, -0.2) is 74.9 Å². The Morgan fingerprint density at radius 3 is 1.92 bits per heavy atom. The zero-order valence-corrected chi connectivity index (χ0v) is 21.0. The van der Waals surface area contributed by atoms with Gasteiger partial charge in [-0.3, -0.25) is 19.2 Å². The number of carboxylic acid groups (broad SMARTS) is 2. The van der Waals surface area contributed by atoms with Crippen LogP contribution in [0.4, 0.5) is 0 Å². The summed E-state index contributed by atoms with van der Waals surface area (Å²) < 4.78 is 0. The van der Waals surface area contributed by atoms with Crippen molar-refractivity contribution in [1.29, 1.82) is 0 Å². The standard InChI is InChI=1S/C23H34N4O8S/c1-12(2)9-17(21(32)25-16(23(34)35)7-8-19(29)30)27-22(33)18(26-20(31)15(24)11-36)10-13-3-5-14(28)6-4-13/h3-6,12,15-18,28,36H,7-11,24H2,1-2H3,(H,25,32)(H,26,31)(H,27,33)(H,29,30)(H,34,35). The maximum atomic E-state index is 13.2. The molecule has 0 radical (unpaired) electrons. The van der Waals surface area contributed by atoms with E-state index in [2.05, 4.69) is 28.6 Å². The highest BCUT2D eigenvalue weighted by Crippen LogP contribution is 2.13. The molecular weight excluding hydrogens is 492 g/mol. The molecule has 36 heavy (non-hydrogen) atoms. The van der Waals surface area contributed by atoms with Gasteiger partial charge in [0.05, 0.1) is 6.04 Å². The van der Waals surface area contributed by atoms with Crippen molar-refractivity contribution in [1.82, 2.24) is 16.0 Å². The van der Waals surface area contributed by atoms with Crippen molar-refractivity contribution in [3.8, 4) is 5.75 Å². The van der Waals surface area contributed by atoms with Gasteiger partial charge in [-0.1, -0.05) is 26.0 Å². The summed E-state index contributed by atoms with van der Waals surface area (Å²) in [5.41, 5.74) is 6.32. The summed E-state index contributed by atoms with van der Waals surface area (Å²) >= 11 is 3.99. The number of carbonyl (C=O) groups excluding carboxylic acids is 3. The van der Waals surface area contributed by atoms with Crippen molar-refractivity contribution >= 4 is 42.3 Å². The Morgan fingerprint density at radius 2 is 1.42 bits per heavy atom. The molecule has 12 nitrogen and oxygen atoms in total. The van der Waals surface area contributed by atoms with E-state index < -0.39 is 60.2 Å². The van der Waals surface area contributed by atoms with Crippen molar-refractivity contribution in [3.63, 3.8) is 0 Å². The topological polar surface area (TPSA) is 208 Å². The average Bonchev–Trinajstić information content (AvgIpc) is 2.80. The van der Waals surface area contributed by atoms with Crippen LogP contribution in [0.15, 0.2) is 24.3 Å². The first-order valence-electron chi connectivity index (χ1n) is 11.3. The molecule has 0 heterocycles. The van der Waals surface area contributed by atoms with Crippen LogP contribution in [0.3, 0.4) is 0 Å². The Hall–Kier alpha value is -3.32. The Bertz CT molecular complexity index is 925. The SMILES string of the molecule is CC(C)CC(NC(=O)C(Cc1ccc(O)cc1)NC(=O)C(N)CS)C(=O)NC(CCC(=O)O)C(=O)O. The van der Waals surface area contributed by atoms with Crippen molar-refractivity contribution in [2.75, 3.05) is 5.75 Å². The number of rotatable bonds is 15. The monoisotopic (exact) mass is 526 g/mol. The minimum absolute atomic E-state index is 0.0174. The Morgan fingerprint density at radius 1 is 0.889 bits per heavy atom.